The van der Waals surface area contributed by atoms with Gasteiger partial charge in [0.15, 0.2) is 5.96 Å². The maximum absolute atomic E-state index is 13.9. The highest BCUT2D eigenvalue weighted by Gasteiger charge is 2.39. The van der Waals surface area contributed by atoms with E-state index < -0.39 is 121 Å². The van der Waals surface area contributed by atoms with Crippen molar-refractivity contribution in [2.75, 3.05) is 26.2 Å². The highest BCUT2D eigenvalue weighted by Crippen LogP contribution is 2.20. The summed E-state index contributed by atoms with van der Waals surface area (Å²) in [6.07, 6.45) is -0.859. The van der Waals surface area contributed by atoms with E-state index in [-0.39, 0.29) is 51.2 Å². The van der Waals surface area contributed by atoms with E-state index in [2.05, 4.69) is 36.9 Å². The second-order valence-electron chi connectivity index (χ2n) is 15.0. The van der Waals surface area contributed by atoms with Gasteiger partial charge in [-0.2, -0.15) is 0 Å². The summed E-state index contributed by atoms with van der Waals surface area (Å²) in [5.41, 5.74) is 22.8. The first-order valence-corrected chi connectivity index (χ1v) is 20.5. The van der Waals surface area contributed by atoms with Crippen LogP contribution in [0.4, 0.5) is 0 Å². The van der Waals surface area contributed by atoms with Crippen LogP contribution in [0.3, 0.4) is 0 Å². The lowest BCUT2D eigenvalue weighted by Gasteiger charge is -2.29. The predicted octanol–water partition coefficient (Wildman–Crippen LogP) is -4.55. The van der Waals surface area contributed by atoms with E-state index in [1.54, 1.807) is 60.7 Å². The monoisotopic (exact) mass is 908 g/mol. The number of benzene rings is 2. The number of carboxylic acid groups (broad SMARTS) is 2. The van der Waals surface area contributed by atoms with Crippen molar-refractivity contribution in [2.45, 2.75) is 87.6 Å². The minimum atomic E-state index is -1.58. The minimum Gasteiger partial charge on any atom is -0.481 e. The van der Waals surface area contributed by atoms with Gasteiger partial charge in [0.1, 0.15) is 30.2 Å². The number of rotatable bonds is 26. The molecule has 1 aliphatic rings. The minimum absolute atomic E-state index is 0.0268. The molecule has 65 heavy (non-hydrogen) atoms. The van der Waals surface area contributed by atoms with Crippen LogP contribution in [-0.2, 0) is 60.8 Å². The standard InChI is InChI=1S/C41H56N12O12/c42-25(19-34(57)58)35(59)47-21-32(55)49-28(18-24-11-5-2-6-12-24)37(61)52-27(17-23-9-3-1-4-10-23)36(60)48-22-33(56)50-29(20-31(43)54)39(63)53-16-8-14-30(53)38(62)51-26(40(64)65)13-7-15-46-41(44)45/h1-6,9-12,25-30H,7-8,13-22,42H2,(H2,43,54)(H,47,59)(H,48,60)(H,49,55)(H,50,56)(H,51,62)(H,52,61)(H,57,58)(H,64,65)(H4,44,45,46)/t25-,26-,27-,28-,29-,30-/m0/s1. The number of likely N-dealkylation sites (tertiary alicyclic amines) is 1. The van der Waals surface area contributed by atoms with E-state index in [9.17, 15) is 53.1 Å². The van der Waals surface area contributed by atoms with E-state index in [1.807, 2.05) is 0 Å². The molecule has 0 bridgehead atoms. The van der Waals surface area contributed by atoms with E-state index in [4.69, 9.17) is 28.0 Å². The third-order valence-corrected chi connectivity index (χ3v) is 9.86. The zero-order valence-corrected chi connectivity index (χ0v) is 35.4. The number of carboxylic acids is 2. The number of amides is 8. The van der Waals surface area contributed by atoms with Crippen LogP contribution >= 0.6 is 0 Å². The molecule has 0 spiro atoms. The molecule has 2 aromatic rings. The van der Waals surface area contributed by atoms with Crippen molar-refractivity contribution in [3.8, 4) is 0 Å². The molecule has 0 aromatic heterocycles. The van der Waals surface area contributed by atoms with Crippen molar-refractivity contribution in [3.05, 3.63) is 71.8 Å². The number of hydrogen-bond acceptors (Lipinski definition) is 12. The summed E-state index contributed by atoms with van der Waals surface area (Å²) in [7, 11) is 0. The molecule has 352 valence electrons. The Hall–Kier alpha value is -7.63. The summed E-state index contributed by atoms with van der Waals surface area (Å²) in [5, 5.41) is 33.1. The van der Waals surface area contributed by atoms with Gasteiger partial charge in [-0.05, 0) is 36.8 Å². The van der Waals surface area contributed by atoms with Crippen molar-refractivity contribution < 1.29 is 58.2 Å². The topological polar surface area (TPSA) is 403 Å². The Morgan fingerprint density at radius 3 is 1.74 bits per heavy atom. The molecular formula is C41H56N12O12. The maximum atomic E-state index is 13.9. The van der Waals surface area contributed by atoms with Gasteiger partial charge in [0.05, 0.1) is 32.0 Å². The molecule has 1 heterocycles. The molecule has 0 radical (unpaired) electrons. The third kappa shape index (κ3) is 18.3. The molecule has 8 amide bonds. The van der Waals surface area contributed by atoms with Gasteiger partial charge in [-0.25, -0.2) is 4.79 Å². The molecule has 3 rings (SSSR count). The molecule has 1 aliphatic heterocycles. The summed E-state index contributed by atoms with van der Waals surface area (Å²) >= 11 is 0. The lowest BCUT2D eigenvalue weighted by molar-refractivity contribution is -0.145. The third-order valence-electron chi connectivity index (χ3n) is 9.86. The average molecular weight is 909 g/mol. The van der Waals surface area contributed by atoms with Gasteiger partial charge < -0.3 is 69.9 Å². The average Bonchev–Trinajstić information content (AvgIpc) is 3.75. The van der Waals surface area contributed by atoms with Gasteiger partial charge in [-0.3, -0.25) is 48.1 Å². The first-order valence-electron chi connectivity index (χ1n) is 20.5. The van der Waals surface area contributed by atoms with Crippen LogP contribution in [0.25, 0.3) is 0 Å². The van der Waals surface area contributed by atoms with Crippen molar-refractivity contribution in [3.63, 3.8) is 0 Å². The summed E-state index contributed by atoms with van der Waals surface area (Å²) in [6.45, 7) is -1.28. The Labute approximate surface area is 373 Å². The maximum Gasteiger partial charge on any atom is 0.326 e. The lowest BCUT2D eigenvalue weighted by atomic mass is 10.0. The first kappa shape index (κ1) is 51.7. The van der Waals surface area contributed by atoms with Crippen LogP contribution in [0.5, 0.6) is 0 Å². The number of primary amides is 1. The molecule has 24 nitrogen and oxygen atoms in total. The van der Waals surface area contributed by atoms with Gasteiger partial charge in [0, 0.05) is 25.9 Å². The Morgan fingerprint density at radius 1 is 0.677 bits per heavy atom. The molecule has 24 heteroatoms. The Kier molecular flexibility index (Phi) is 20.8. The van der Waals surface area contributed by atoms with Crippen LogP contribution in [-0.4, -0.2) is 143 Å². The van der Waals surface area contributed by atoms with Crippen LogP contribution < -0.4 is 54.8 Å². The molecular weight excluding hydrogens is 853 g/mol. The highest BCUT2D eigenvalue weighted by molar-refractivity contribution is 5.98. The fourth-order valence-electron chi connectivity index (χ4n) is 6.68. The van der Waals surface area contributed by atoms with Gasteiger partial charge in [-0.15, -0.1) is 0 Å². The molecule has 1 fully saturated rings. The summed E-state index contributed by atoms with van der Waals surface area (Å²) in [4.78, 5) is 133. The van der Waals surface area contributed by atoms with Gasteiger partial charge in [-0.1, -0.05) is 60.7 Å². The lowest BCUT2D eigenvalue weighted by Crippen LogP contribution is -2.58. The number of guanidine groups is 1. The van der Waals surface area contributed by atoms with E-state index in [0.717, 1.165) is 4.90 Å². The molecule has 0 unspecified atom stereocenters. The smallest absolute Gasteiger partial charge is 0.326 e. The number of nitrogens with one attached hydrogen (secondary N) is 6. The SMILES string of the molecule is NC(=O)C[C@H](NC(=O)CNC(=O)[C@H](Cc1ccccc1)NC(=O)[C@H](Cc1ccccc1)NC(=O)CNC(=O)[C@@H](N)CC(=O)O)C(=O)N1CCC[C@H]1C(=O)N[C@@H](CCCN=C(N)N)C(=O)O. The molecule has 0 saturated carbocycles. The summed E-state index contributed by atoms with van der Waals surface area (Å²) in [5.74, 6) is -9.83. The zero-order valence-electron chi connectivity index (χ0n) is 35.4. The van der Waals surface area contributed by atoms with Crippen molar-refractivity contribution >= 4 is 65.2 Å². The van der Waals surface area contributed by atoms with Crippen LogP contribution in [0.15, 0.2) is 65.7 Å². The number of nitrogens with zero attached hydrogens (tertiary/aromatic N) is 2. The number of hydrogen-bond donors (Lipinski definition) is 12. The van der Waals surface area contributed by atoms with E-state index in [1.165, 1.54) is 0 Å². The zero-order chi connectivity index (χ0) is 48.1. The fraction of sp³-hybridized carbons (Fsp3) is 0.439. The number of carbonyl (C=O) groups excluding carboxylic acids is 8. The van der Waals surface area contributed by atoms with Crippen molar-refractivity contribution in [1.82, 2.24) is 36.8 Å². The molecule has 1 saturated heterocycles. The van der Waals surface area contributed by atoms with Gasteiger partial charge in [0.25, 0.3) is 0 Å². The van der Waals surface area contributed by atoms with Crippen LogP contribution in [0.1, 0.15) is 49.7 Å². The largest absolute Gasteiger partial charge is 0.481 e. The molecule has 16 N–H and O–H groups in total. The second kappa shape index (κ2) is 26.1. The van der Waals surface area contributed by atoms with Crippen LogP contribution in [0.2, 0.25) is 0 Å². The molecule has 6 atom stereocenters. The number of aliphatic imine (C=N–C) groups is 1. The summed E-state index contributed by atoms with van der Waals surface area (Å²) < 4.78 is 0. The Balaban J connectivity index is 1.73. The normalized spacial score (nSPS) is 15.3. The first-order chi connectivity index (χ1) is 30.8. The molecule has 0 aliphatic carbocycles. The predicted molar refractivity (Wildman–Crippen MR) is 230 cm³/mol. The molecule has 2 aromatic carbocycles. The number of nitrogens with two attached hydrogens (primary N) is 4. The summed E-state index contributed by atoms with van der Waals surface area (Å²) in [6, 6.07) is 8.84. The highest BCUT2D eigenvalue weighted by atomic mass is 16.4. The Bertz CT molecular complexity index is 2050. The van der Waals surface area contributed by atoms with Crippen LogP contribution in [0, 0.1) is 0 Å². The van der Waals surface area contributed by atoms with Gasteiger partial charge in [0.2, 0.25) is 47.3 Å². The number of aliphatic carboxylic acids is 2. The van der Waals surface area contributed by atoms with E-state index >= 15 is 0 Å². The van der Waals surface area contributed by atoms with Gasteiger partial charge >= 0.3 is 11.9 Å². The second-order valence-corrected chi connectivity index (χ2v) is 15.0. The quantitative estimate of drug-likeness (QED) is 0.0240. The fourth-order valence-corrected chi connectivity index (χ4v) is 6.68. The van der Waals surface area contributed by atoms with Crippen molar-refractivity contribution in [1.29, 1.82) is 0 Å². The van der Waals surface area contributed by atoms with E-state index in [0.29, 0.717) is 17.5 Å². The number of carbonyl (C=O) groups is 10. The Morgan fingerprint density at radius 2 is 1.22 bits per heavy atom. The van der Waals surface area contributed by atoms with Crippen molar-refractivity contribution in [2.24, 2.45) is 27.9 Å².